The summed E-state index contributed by atoms with van der Waals surface area (Å²) in [4.78, 5) is 3.68. The van der Waals surface area contributed by atoms with Crippen LogP contribution in [-0.4, -0.2) is 14.6 Å². The number of fused-ring (bicyclic) bond motifs is 1. The molecule has 0 unspecified atom stereocenters. The Morgan fingerprint density at radius 3 is 2.67 bits per heavy atom. The molecular weight excluding hydrogens is 209 g/mol. The van der Waals surface area contributed by atoms with Crippen molar-refractivity contribution in [1.29, 1.82) is 0 Å². The van der Waals surface area contributed by atoms with Crippen LogP contribution in [-0.2, 0) is 12.7 Å². The number of alkyl halides is 3. The van der Waals surface area contributed by atoms with Crippen molar-refractivity contribution < 1.29 is 13.2 Å². The Morgan fingerprint density at radius 2 is 2.07 bits per heavy atom. The minimum atomic E-state index is -4.41. The fourth-order valence-electron chi connectivity index (χ4n) is 1.21. The summed E-state index contributed by atoms with van der Waals surface area (Å²) in [6.07, 6.45) is -1.34. The lowest BCUT2D eigenvalue weighted by Crippen LogP contribution is -2.08. The van der Waals surface area contributed by atoms with E-state index in [2.05, 4.69) is 10.1 Å². The zero-order valence-electron chi connectivity index (χ0n) is 7.49. The molecule has 0 fully saturated rings. The molecular formula is C8H7F3N4. The Labute approximate surface area is 82.5 Å². The molecule has 2 heterocycles. The first kappa shape index (κ1) is 9.91. The Morgan fingerprint density at radius 1 is 1.33 bits per heavy atom. The van der Waals surface area contributed by atoms with Crippen molar-refractivity contribution in [3.8, 4) is 0 Å². The molecule has 2 N–H and O–H groups in total. The first-order valence-corrected chi connectivity index (χ1v) is 4.12. The summed E-state index contributed by atoms with van der Waals surface area (Å²) in [5.41, 5.74) is 5.50. The molecule has 15 heavy (non-hydrogen) atoms. The summed E-state index contributed by atoms with van der Waals surface area (Å²) in [5, 5.41) is 3.74. The van der Waals surface area contributed by atoms with Crippen LogP contribution in [0.15, 0.2) is 18.6 Å². The van der Waals surface area contributed by atoms with Gasteiger partial charge in [-0.2, -0.15) is 18.3 Å². The fourth-order valence-corrected chi connectivity index (χ4v) is 1.21. The molecule has 0 aliphatic rings. The molecule has 0 spiro atoms. The van der Waals surface area contributed by atoms with Crippen LogP contribution in [0.3, 0.4) is 0 Å². The highest BCUT2D eigenvalue weighted by Crippen LogP contribution is 2.28. The number of nitrogens with zero attached hydrogens (tertiary/aromatic N) is 3. The van der Waals surface area contributed by atoms with Crippen molar-refractivity contribution in [2.45, 2.75) is 12.7 Å². The third kappa shape index (κ3) is 1.65. The van der Waals surface area contributed by atoms with E-state index in [0.29, 0.717) is 11.2 Å². The number of rotatable bonds is 1. The molecule has 0 bridgehead atoms. The molecule has 0 saturated carbocycles. The molecule has 0 saturated heterocycles. The standard InChI is InChI=1S/C8H7F3N4/c9-8(10,11)6-3-13-7-5(1-12)2-14-15(7)4-6/h2-4H,1,12H2. The van der Waals surface area contributed by atoms with Gasteiger partial charge < -0.3 is 5.73 Å². The minimum Gasteiger partial charge on any atom is -0.326 e. The molecule has 2 aromatic rings. The summed E-state index contributed by atoms with van der Waals surface area (Å²) in [7, 11) is 0. The number of aromatic nitrogens is 3. The molecule has 80 valence electrons. The molecule has 7 heteroatoms. The summed E-state index contributed by atoms with van der Waals surface area (Å²) in [5.74, 6) is 0. The topological polar surface area (TPSA) is 56.2 Å². The van der Waals surface area contributed by atoms with E-state index in [1.54, 1.807) is 0 Å². The molecule has 0 aliphatic carbocycles. The van der Waals surface area contributed by atoms with E-state index in [1.807, 2.05) is 0 Å². The summed E-state index contributed by atoms with van der Waals surface area (Å²) in [6.45, 7) is 0.196. The van der Waals surface area contributed by atoms with Gasteiger partial charge in [-0.05, 0) is 0 Å². The Kier molecular flexibility index (Phi) is 2.11. The zero-order chi connectivity index (χ0) is 11.1. The van der Waals surface area contributed by atoms with Crippen LogP contribution in [0.25, 0.3) is 5.65 Å². The van der Waals surface area contributed by atoms with E-state index in [1.165, 1.54) is 6.20 Å². The normalized spacial score (nSPS) is 12.3. The Balaban J connectivity index is 2.58. The number of halogens is 3. The van der Waals surface area contributed by atoms with E-state index in [-0.39, 0.29) is 6.54 Å². The van der Waals surface area contributed by atoms with Crippen LogP contribution in [0, 0.1) is 0 Å². The van der Waals surface area contributed by atoms with Crippen LogP contribution in [0.5, 0.6) is 0 Å². The first-order chi connectivity index (χ1) is 7.02. The average Bonchev–Trinajstić information content (AvgIpc) is 2.58. The van der Waals surface area contributed by atoms with Gasteiger partial charge in [0.1, 0.15) is 0 Å². The highest BCUT2D eigenvalue weighted by Gasteiger charge is 2.31. The van der Waals surface area contributed by atoms with Crippen LogP contribution in [0.1, 0.15) is 11.1 Å². The average molecular weight is 216 g/mol. The van der Waals surface area contributed by atoms with E-state index < -0.39 is 11.7 Å². The molecule has 0 atom stereocenters. The lowest BCUT2D eigenvalue weighted by molar-refractivity contribution is -0.138. The van der Waals surface area contributed by atoms with Gasteiger partial charge in [0.2, 0.25) is 0 Å². The van der Waals surface area contributed by atoms with Gasteiger partial charge in [-0.25, -0.2) is 9.50 Å². The lowest BCUT2D eigenvalue weighted by atomic mass is 10.3. The van der Waals surface area contributed by atoms with Crippen LogP contribution in [0.2, 0.25) is 0 Å². The van der Waals surface area contributed by atoms with Gasteiger partial charge in [0.15, 0.2) is 5.65 Å². The van der Waals surface area contributed by atoms with Gasteiger partial charge in [-0.1, -0.05) is 0 Å². The first-order valence-electron chi connectivity index (χ1n) is 4.12. The van der Waals surface area contributed by atoms with Gasteiger partial charge in [0.25, 0.3) is 0 Å². The molecule has 2 rings (SSSR count). The van der Waals surface area contributed by atoms with Gasteiger partial charge >= 0.3 is 6.18 Å². The van der Waals surface area contributed by atoms with Crippen molar-refractivity contribution >= 4 is 5.65 Å². The summed E-state index contributed by atoms with van der Waals surface area (Å²) < 4.78 is 38.0. The zero-order valence-corrected chi connectivity index (χ0v) is 7.49. The molecule has 0 aromatic carbocycles. The van der Waals surface area contributed by atoms with E-state index >= 15 is 0 Å². The summed E-state index contributed by atoms with van der Waals surface area (Å²) in [6, 6.07) is 0. The third-order valence-electron chi connectivity index (χ3n) is 1.98. The SMILES string of the molecule is NCc1cnn2cc(C(F)(F)F)cnc12. The van der Waals surface area contributed by atoms with Gasteiger partial charge in [0.05, 0.1) is 11.8 Å². The molecule has 0 radical (unpaired) electrons. The van der Waals surface area contributed by atoms with Crippen molar-refractivity contribution in [2.75, 3.05) is 0 Å². The van der Waals surface area contributed by atoms with Crippen LogP contribution < -0.4 is 5.73 Å². The second-order valence-corrected chi connectivity index (χ2v) is 2.98. The Hall–Kier alpha value is -1.63. The van der Waals surface area contributed by atoms with Crippen molar-refractivity contribution in [3.63, 3.8) is 0 Å². The minimum absolute atomic E-state index is 0.196. The van der Waals surface area contributed by atoms with E-state index in [9.17, 15) is 13.2 Å². The van der Waals surface area contributed by atoms with Gasteiger partial charge in [-0.15, -0.1) is 0 Å². The molecule has 4 nitrogen and oxygen atoms in total. The van der Waals surface area contributed by atoms with Crippen molar-refractivity contribution in [2.24, 2.45) is 5.73 Å². The Bertz CT molecular complexity index is 488. The quantitative estimate of drug-likeness (QED) is 0.779. The summed E-state index contributed by atoms with van der Waals surface area (Å²) >= 11 is 0. The van der Waals surface area contributed by atoms with E-state index in [4.69, 9.17) is 5.73 Å². The number of hydrogen-bond donors (Lipinski definition) is 1. The third-order valence-corrected chi connectivity index (χ3v) is 1.98. The van der Waals surface area contributed by atoms with Crippen molar-refractivity contribution in [3.05, 3.63) is 29.7 Å². The smallest absolute Gasteiger partial charge is 0.326 e. The van der Waals surface area contributed by atoms with Gasteiger partial charge in [0, 0.05) is 24.5 Å². The highest BCUT2D eigenvalue weighted by molar-refractivity contribution is 5.46. The highest BCUT2D eigenvalue weighted by atomic mass is 19.4. The largest absolute Gasteiger partial charge is 0.419 e. The predicted molar refractivity (Wildman–Crippen MR) is 45.9 cm³/mol. The fraction of sp³-hybridized carbons (Fsp3) is 0.250. The van der Waals surface area contributed by atoms with Crippen molar-refractivity contribution in [1.82, 2.24) is 14.6 Å². The second kappa shape index (κ2) is 3.20. The molecule has 2 aromatic heterocycles. The molecule has 0 aliphatic heterocycles. The second-order valence-electron chi connectivity index (χ2n) is 2.98. The van der Waals surface area contributed by atoms with E-state index in [0.717, 1.165) is 16.9 Å². The maximum Gasteiger partial charge on any atom is 0.419 e. The predicted octanol–water partition coefficient (Wildman–Crippen LogP) is 1.21. The monoisotopic (exact) mass is 216 g/mol. The maximum absolute atomic E-state index is 12.3. The van der Waals surface area contributed by atoms with Crippen LogP contribution in [0.4, 0.5) is 13.2 Å². The maximum atomic E-state index is 12.3. The lowest BCUT2D eigenvalue weighted by Gasteiger charge is -2.05. The van der Waals surface area contributed by atoms with Gasteiger partial charge in [-0.3, -0.25) is 0 Å². The number of hydrogen-bond acceptors (Lipinski definition) is 3. The molecule has 0 amide bonds. The van der Waals surface area contributed by atoms with Crippen LogP contribution >= 0.6 is 0 Å². The number of nitrogens with two attached hydrogens (primary N) is 1.